The van der Waals surface area contributed by atoms with Crippen molar-refractivity contribution >= 4 is 17.5 Å². The smallest absolute Gasteiger partial charge is 0.264 e. The van der Waals surface area contributed by atoms with Gasteiger partial charge in [-0.2, -0.15) is 5.10 Å². The summed E-state index contributed by atoms with van der Waals surface area (Å²) in [6.45, 7) is 3.03. The van der Waals surface area contributed by atoms with E-state index in [-0.39, 0.29) is 17.4 Å². The average molecular weight is 399 g/mol. The van der Waals surface area contributed by atoms with Crippen LogP contribution in [-0.2, 0) is 0 Å². The number of aromatic nitrogens is 3. The highest BCUT2D eigenvalue weighted by atomic mass is 35.5. The molecule has 144 valence electrons. The number of carbonyl (C=O) groups excluding carboxylic acids is 1. The molecule has 0 aliphatic carbocycles. The van der Waals surface area contributed by atoms with Crippen LogP contribution in [0.5, 0.6) is 0 Å². The van der Waals surface area contributed by atoms with Gasteiger partial charge in [0.25, 0.3) is 11.5 Å². The largest absolute Gasteiger partial charge is 0.356 e. The lowest BCUT2D eigenvalue weighted by Gasteiger charge is -2.32. The normalized spacial score (nSPS) is 15.0. The Kier molecular flexibility index (Phi) is 5.00. The van der Waals surface area contributed by atoms with E-state index in [2.05, 4.69) is 15.4 Å². The summed E-state index contributed by atoms with van der Waals surface area (Å²) < 4.78 is 5.35. The van der Waals surface area contributed by atoms with Gasteiger partial charge < -0.3 is 9.42 Å². The second-order valence-electron chi connectivity index (χ2n) is 6.94. The van der Waals surface area contributed by atoms with Gasteiger partial charge in [-0.1, -0.05) is 22.8 Å². The number of hydrogen-bond donors (Lipinski definition) is 1. The molecular weight excluding hydrogens is 380 g/mol. The van der Waals surface area contributed by atoms with Gasteiger partial charge in [0, 0.05) is 47.3 Å². The van der Waals surface area contributed by atoms with E-state index < -0.39 is 0 Å². The van der Waals surface area contributed by atoms with E-state index in [9.17, 15) is 9.59 Å². The third-order valence-corrected chi connectivity index (χ3v) is 5.21. The Labute approximate surface area is 166 Å². The summed E-state index contributed by atoms with van der Waals surface area (Å²) in [7, 11) is 0. The number of likely N-dealkylation sites (tertiary alicyclic amines) is 1. The van der Waals surface area contributed by atoms with Crippen LogP contribution in [0.2, 0.25) is 5.02 Å². The number of carbonyl (C=O) groups is 1. The van der Waals surface area contributed by atoms with E-state index in [0.717, 1.165) is 24.2 Å². The van der Waals surface area contributed by atoms with Crippen molar-refractivity contribution in [2.75, 3.05) is 13.1 Å². The van der Waals surface area contributed by atoms with Crippen molar-refractivity contribution in [2.45, 2.75) is 25.7 Å². The van der Waals surface area contributed by atoms with E-state index in [1.807, 2.05) is 11.8 Å². The quantitative estimate of drug-likeness (QED) is 0.729. The van der Waals surface area contributed by atoms with Crippen LogP contribution in [-0.4, -0.2) is 39.3 Å². The highest BCUT2D eigenvalue weighted by Gasteiger charge is 2.28. The standard InChI is InChI=1S/C20H19ClN4O3/c1-12-9-17(28-24-12)16-11-18(26)22-23-19(16)13-5-7-25(8-6-13)20(27)14-3-2-4-15(21)10-14/h2-4,9-11,13H,5-8H2,1H3,(H,22,26). The first kappa shape index (κ1) is 18.4. The molecule has 1 amide bonds. The number of hydrogen-bond acceptors (Lipinski definition) is 5. The minimum Gasteiger partial charge on any atom is -0.356 e. The van der Waals surface area contributed by atoms with E-state index >= 15 is 0 Å². The fraction of sp³-hybridized carbons (Fsp3) is 0.300. The van der Waals surface area contributed by atoms with E-state index in [1.165, 1.54) is 6.07 Å². The molecule has 3 aromatic rings. The molecule has 1 fully saturated rings. The minimum atomic E-state index is -0.290. The molecule has 1 saturated heterocycles. The van der Waals surface area contributed by atoms with Crippen molar-refractivity contribution in [3.05, 3.63) is 68.7 Å². The molecule has 1 aliphatic rings. The summed E-state index contributed by atoms with van der Waals surface area (Å²) in [6, 6.07) is 10.3. The van der Waals surface area contributed by atoms with Crippen LogP contribution in [0, 0.1) is 6.92 Å². The lowest BCUT2D eigenvalue weighted by Crippen LogP contribution is -2.38. The topological polar surface area (TPSA) is 92.1 Å². The van der Waals surface area contributed by atoms with Crippen LogP contribution in [0.3, 0.4) is 0 Å². The molecule has 0 bridgehead atoms. The van der Waals surface area contributed by atoms with Crippen molar-refractivity contribution in [3.63, 3.8) is 0 Å². The summed E-state index contributed by atoms with van der Waals surface area (Å²) in [4.78, 5) is 26.3. The van der Waals surface area contributed by atoms with Crippen molar-refractivity contribution in [2.24, 2.45) is 0 Å². The Balaban J connectivity index is 1.53. The van der Waals surface area contributed by atoms with Gasteiger partial charge in [-0.3, -0.25) is 9.59 Å². The molecule has 7 nitrogen and oxygen atoms in total. The summed E-state index contributed by atoms with van der Waals surface area (Å²) in [5, 5.41) is 11.3. The van der Waals surface area contributed by atoms with Gasteiger partial charge in [0.2, 0.25) is 0 Å². The Morgan fingerprint density at radius 2 is 2.04 bits per heavy atom. The van der Waals surface area contributed by atoms with Crippen LogP contribution < -0.4 is 5.56 Å². The number of amides is 1. The third-order valence-electron chi connectivity index (χ3n) is 4.97. The number of nitrogens with one attached hydrogen (secondary N) is 1. The average Bonchev–Trinajstić information content (AvgIpc) is 3.14. The Morgan fingerprint density at radius 3 is 2.71 bits per heavy atom. The highest BCUT2D eigenvalue weighted by molar-refractivity contribution is 6.30. The number of nitrogens with zero attached hydrogens (tertiary/aromatic N) is 3. The molecule has 1 aliphatic heterocycles. The van der Waals surface area contributed by atoms with E-state index in [0.29, 0.717) is 35.0 Å². The molecule has 4 rings (SSSR count). The van der Waals surface area contributed by atoms with E-state index in [4.69, 9.17) is 16.1 Å². The third kappa shape index (κ3) is 3.71. The molecule has 0 spiro atoms. The van der Waals surface area contributed by atoms with Crippen LogP contribution in [0.1, 0.15) is 40.5 Å². The Bertz CT molecular complexity index is 1070. The van der Waals surface area contributed by atoms with Gasteiger partial charge in [0.1, 0.15) is 0 Å². The summed E-state index contributed by atoms with van der Waals surface area (Å²) in [5.74, 6) is 0.616. The molecule has 0 atom stereocenters. The van der Waals surface area contributed by atoms with Gasteiger partial charge >= 0.3 is 0 Å². The minimum absolute atomic E-state index is 0.0264. The predicted octanol–water partition coefficient (Wildman–Crippen LogP) is 3.41. The van der Waals surface area contributed by atoms with Crippen LogP contribution in [0.4, 0.5) is 0 Å². The maximum absolute atomic E-state index is 12.7. The molecule has 0 radical (unpaired) electrons. The second kappa shape index (κ2) is 7.59. The molecule has 3 heterocycles. The number of aromatic amines is 1. The fourth-order valence-corrected chi connectivity index (χ4v) is 3.76. The van der Waals surface area contributed by atoms with Gasteiger partial charge in [0.15, 0.2) is 5.76 Å². The number of piperidine rings is 1. The fourth-order valence-electron chi connectivity index (χ4n) is 3.57. The summed E-state index contributed by atoms with van der Waals surface area (Å²) in [6.07, 6.45) is 1.48. The van der Waals surface area contributed by atoms with Crippen molar-refractivity contribution < 1.29 is 9.32 Å². The number of rotatable bonds is 3. The van der Waals surface area contributed by atoms with Crippen molar-refractivity contribution in [3.8, 4) is 11.3 Å². The number of H-pyrrole nitrogens is 1. The first-order valence-electron chi connectivity index (χ1n) is 9.09. The molecule has 2 aromatic heterocycles. The maximum Gasteiger partial charge on any atom is 0.264 e. The zero-order chi connectivity index (χ0) is 19.7. The van der Waals surface area contributed by atoms with Crippen LogP contribution in [0.25, 0.3) is 11.3 Å². The Hall–Kier alpha value is -2.93. The highest BCUT2D eigenvalue weighted by Crippen LogP contribution is 2.33. The van der Waals surface area contributed by atoms with Crippen molar-refractivity contribution in [1.29, 1.82) is 0 Å². The molecule has 1 aromatic carbocycles. The second-order valence-corrected chi connectivity index (χ2v) is 7.38. The van der Waals surface area contributed by atoms with Gasteiger partial charge in [-0.25, -0.2) is 5.10 Å². The zero-order valence-corrected chi connectivity index (χ0v) is 16.1. The number of halogens is 1. The lowest BCUT2D eigenvalue weighted by atomic mass is 9.90. The summed E-state index contributed by atoms with van der Waals surface area (Å²) in [5.41, 5.74) is 2.46. The van der Waals surface area contributed by atoms with Gasteiger partial charge in [-0.05, 0) is 38.0 Å². The monoisotopic (exact) mass is 398 g/mol. The molecule has 1 N–H and O–H groups in total. The predicted molar refractivity (Wildman–Crippen MR) is 104 cm³/mol. The van der Waals surface area contributed by atoms with Crippen molar-refractivity contribution in [1.82, 2.24) is 20.3 Å². The zero-order valence-electron chi connectivity index (χ0n) is 15.3. The van der Waals surface area contributed by atoms with Gasteiger partial charge in [-0.15, -0.1) is 0 Å². The maximum atomic E-state index is 12.7. The first-order valence-corrected chi connectivity index (χ1v) is 9.47. The van der Waals surface area contributed by atoms with Crippen LogP contribution >= 0.6 is 11.6 Å². The first-order chi connectivity index (χ1) is 13.5. The Morgan fingerprint density at radius 1 is 1.25 bits per heavy atom. The molecule has 8 heteroatoms. The summed E-state index contributed by atoms with van der Waals surface area (Å²) >= 11 is 6.00. The molecule has 0 saturated carbocycles. The molecule has 28 heavy (non-hydrogen) atoms. The molecular formula is C20H19ClN4O3. The number of benzene rings is 1. The van der Waals surface area contributed by atoms with Gasteiger partial charge in [0.05, 0.1) is 11.4 Å². The number of aryl methyl sites for hydroxylation is 1. The van der Waals surface area contributed by atoms with E-state index in [1.54, 1.807) is 30.3 Å². The SMILES string of the molecule is Cc1cc(-c2cc(=O)[nH]nc2C2CCN(C(=O)c3cccc(Cl)c3)CC2)on1. The molecule has 0 unspecified atom stereocenters. The van der Waals surface area contributed by atoms with Crippen LogP contribution in [0.15, 0.2) is 45.7 Å². The lowest BCUT2D eigenvalue weighted by molar-refractivity contribution is 0.0712.